The van der Waals surface area contributed by atoms with Gasteiger partial charge < -0.3 is 19.7 Å². The summed E-state index contributed by atoms with van der Waals surface area (Å²) < 4.78 is 9.12. The molecule has 0 saturated heterocycles. The summed E-state index contributed by atoms with van der Waals surface area (Å²) in [6.07, 6.45) is -0.968. The Hall–Kier alpha value is -1.14. The summed E-state index contributed by atoms with van der Waals surface area (Å²) >= 11 is 0. The average molecular weight is 220 g/mol. The minimum absolute atomic E-state index is 0.0107. The van der Waals surface area contributed by atoms with Crippen LogP contribution in [0.4, 0.5) is 0 Å². The molecule has 0 aromatic heterocycles. The zero-order valence-corrected chi connectivity index (χ0v) is 8.80. The van der Waals surface area contributed by atoms with E-state index in [2.05, 4.69) is 4.74 Å². The Kier molecular flexibility index (Phi) is 6.64. The second-order valence-electron chi connectivity index (χ2n) is 2.90. The largest absolute Gasteiger partial charge is 0.481 e. The lowest BCUT2D eigenvalue weighted by Gasteiger charge is -2.13. The fraction of sp³-hybridized carbons (Fsp3) is 0.778. The third-order valence-electron chi connectivity index (χ3n) is 1.85. The highest BCUT2D eigenvalue weighted by molar-refractivity contribution is 5.93. The smallest absolute Gasteiger partial charge is 0.320 e. The van der Waals surface area contributed by atoms with Crippen molar-refractivity contribution in [3.8, 4) is 0 Å². The van der Waals surface area contributed by atoms with Gasteiger partial charge in [-0.05, 0) is 19.8 Å². The molecule has 0 heterocycles. The first-order chi connectivity index (χ1) is 7.02. The summed E-state index contributed by atoms with van der Waals surface area (Å²) in [5, 5.41) is 17.9. The summed E-state index contributed by atoms with van der Waals surface area (Å²) in [4.78, 5) is 21.6. The lowest BCUT2D eigenvalue weighted by Crippen LogP contribution is -2.26. The Bertz CT molecular complexity index is 215. The molecule has 15 heavy (non-hydrogen) atoms. The molecule has 2 unspecified atom stereocenters. The SMILES string of the molecule is CCOC(O)CCC(C(=O)O)C(=O)OC. The van der Waals surface area contributed by atoms with Crippen LogP contribution >= 0.6 is 0 Å². The van der Waals surface area contributed by atoms with Crippen molar-refractivity contribution < 1.29 is 29.3 Å². The number of aliphatic hydroxyl groups is 1. The Balaban J connectivity index is 4.07. The second kappa shape index (κ2) is 7.19. The van der Waals surface area contributed by atoms with Crippen LogP contribution in [0.3, 0.4) is 0 Å². The van der Waals surface area contributed by atoms with E-state index < -0.39 is 24.1 Å². The third-order valence-corrected chi connectivity index (χ3v) is 1.85. The Morgan fingerprint density at radius 2 is 1.93 bits per heavy atom. The molecule has 0 aromatic rings. The van der Waals surface area contributed by atoms with Gasteiger partial charge >= 0.3 is 11.9 Å². The number of carbonyl (C=O) groups excluding carboxylic acids is 1. The van der Waals surface area contributed by atoms with Gasteiger partial charge in [-0.25, -0.2) is 0 Å². The molecule has 0 bridgehead atoms. The van der Waals surface area contributed by atoms with E-state index in [1.165, 1.54) is 0 Å². The van der Waals surface area contributed by atoms with Gasteiger partial charge in [-0.2, -0.15) is 0 Å². The quantitative estimate of drug-likeness (QED) is 0.356. The van der Waals surface area contributed by atoms with Crippen molar-refractivity contribution in [3.63, 3.8) is 0 Å². The molecule has 88 valence electrons. The zero-order valence-electron chi connectivity index (χ0n) is 8.80. The maximum atomic E-state index is 11.0. The maximum absolute atomic E-state index is 11.0. The number of carbonyl (C=O) groups is 2. The van der Waals surface area contributed by atoms with E-state index in [0.29, 0.717) is 6.61 Å². The number of rotatable bonds is 7. The van der Waals surface area contributed by atoms with Crippen molar-refractivity contribution in [2.45, 2.75) is 26.1 Å². The zero-order chi connectivity index (χ0) is 11.8. The normalized spacial score (nSPS) is 14.3. The van der Waals surface area contributed by atoms with Crippen LogP contribution in [-0.4, -0.2) is 42.2 Å². The molecule has 0 fully saturated rings. The standard InChI is InChI=1S/C9H16O6/c1-3-15-7(10)5-4-6(8(11)12)9(13)14-2/h6-7,10H,3-5H2,1-2H3,(H,11,12). The summed E-state index contributed by atoms with van der Waals surface area (Å²) in [5.41, 5.74) is 0. The van der Waals surface area contributed by atoms with Gasteiger partial charge in [0.05, 0.1) is 7.11 Å². The van der Waals surface area contributed by atoms with Gasteiger partial charge in [0.15, 0.2) is 12.2 Å². The Morgan fingerprint density at radius 3 is 2.33 bits per heavy atom. The van der Waals surface area contributed by atoms with Crippen LogP contribution in [0.2, 0.25) is 0 Å². The number of hydrogen-bond donors (Lipinski definition) is 2. The van der Waals surface area contributed by atoms with Crippen LogP contribution in [0.15, 0.2) is 0 Å². The van der Waals surface area contributed by atoms with Crippen LogP contribution in [0.1, 0.15) is 19.8 Å². The van der Waals surface area contributed by atoms with Crippen LogP contribution in [-0.2, 0) is 19.1 Å². The fourth-order valence-electron chi connectivity index (χ4n) is 1.07. The number of ether oxygens (including phenoxy) is 2. The van der Waals surface area contributed by atoms with Crippen molar-refractivity contribution in [1.29, 1.82) is 0 Å². The van der Waals surface area contributed by atoms with E-state index in [0.717, 1.165) is 7.11 Å². The molecule has 0 saturated carbocycles. The molecule has 2 atom stereocenters. The minimum atomic E-state index is -1.26. The van der Waals surface area contributed by atoms with Crippen LogP contribution < -0.4 is 0 Å². The summed E-state index contributed by atoms with van der Waals surface area (Å²) in [6.45, 7) is 2.04. The number of carboxylic acid groups (broad SMARTS) is 1. The highest BCUT2D eigenvalue weighted by Crippen LogP contribution is 2.11. The van der Waals surface area contributed by atoms with Crippen molar-refractivity contribution in [1.82, 2.24) is 0 Å². The van der Waals surface area contributed by atoms with Crippen molar-refractivity contribution in [2.75, 3.05) is 13.7 Å². The van der Waals surface area contributed by atoms with E-state index >= 15 is 0 Å². The predicted octanol–water partition coefficient (Wildman–Crippen LogP) is -0.00470. The molecule has 0 aliphatic heterocycles. The Labute approximate surface area is 87.8 Å². The average Bonchev–Trinajstić information content (AvgIpc) is 2.17. The van der Waals surface area contributed by atoms with Gasteiger partial charge in [-0.1, -0.05) is 0 Å². The minimum Gasteiger partial charge on any atom is -0.481 e. The second-order valence-corrected chi connectivity index (χ2v) is 2.90. The van der Waals surface area contributed by atoms with Crippen LogP contribution in [0.25, 0.3) is 0 Å². The first-order valence-corrected chi connectivity index (χ1v) is 4.63. The highest BCUT2D eigenvalue weighted by atomic mass is 16.6. The van der Waals surface area contributed by atoms with Gasteiger partial charge in [0.2, 0.25) is 0 Å². The van der Waals surface area contributed by atoms with Gasteiger partial charge in [0, 0.05) is 6.61 Å². The van der Waals surface area contributed by atoms with E-state index in [9.17, 15) is 9.59 Å². The highest BCUT2D eigenvalue weighted by Gasteiger charge is 2.27. The number of esters is 1. The van der Waals surface area contributed by atoms with Gasteiger partial charge in [0.1, 0.15) is 0 Å². The molecular weight excluding hydrogens is 204 g/mol. The molecule has 0 amide bonds. The molecule has 0 aliphatic carbocycles. The lowest BCUT2D eigenvalue weighted by atomic mass is 10.0. The molecule has 6 nitrogen and oxygen atoms in total. The maximum Gasteiger partial charge on any atom is 0.320 e. The van der Waals surface area contributed by atoms with E-state index in [4.69, 9.17) is 14.9 Å². The van der Waals surface area contributed by atoms with E-state index in [1.807, 2.05) is 0 Å². The number of aliphatic hydroxyl groups excluding tert-OH is 1. The number of hydrogen-bond acceptors (Lipinski definition) is 5. The van der Waals surface area contributed by atoms with E-state index in [-0.39, 0.29) is 12.8 Å². The molecule has 0 spiro atoms. The molecule has 0 rings (SSSR count). The fourth-order valence-corrected chi connectivity index (χ4v) is 1.07. The molecular formula is C9H16O6. The summed E-state index contributed by atoms with van der Waals surface area (Å²) in [6, 6.07) is 0. The lowest BCUT2D eigenvalue weighted by molar-refractivity contribution is -0.158. The van der Waals surface area contributed by atoms with Crippen molar-refractivity contribution in [2.24, 2.45) is 5.92 Å². The van der Waals surface area contributed by atoms with Gasteiger partial charge in [0.25, 0.3) is 0 Å². The van der Waals surface area contributed by atoms with Crippen LogP contribution in [0, 0.1) is 5.92 Å². The predicted molar refractivity (Wildman–Crippen MR) is 50.0 cm³/mol. The third kappa shape index (κ3) is 5.34. The first-order valence-electron chi connectivity index (χ1n) is 4.63. The molecule has 0 aromatic carbocycles. The molecule has 0 aliphatic rings. The van der Waals surface area contributed by atoms with E-state index in [1.54, 1.807) is 6.92 Å². The van der Waals surface area contributed by atoms with Gasteiger partial charge in [-0.3, -0.25) is 9.59 Å². The molecule has 0 radical (unpaired) electrons. The number of carboxylic acids is 1. The summed E-state index contributed by atoms with van der Waals surface area (Å²) in [7, 11) is 1.12. The van der Waals surface area contributed by atoms with Crippen molar-refractivity contribution >= 4 is 11.9 Å². The van der Waals surface area contributed by atoms with Crippen molar-refractivity contribution in [3.05, 3.63) is 0 Å². The molecule has 2 N–H and O–H groups in total. The molecule has 6 heteroatoms. The monoisotopic (exact) mass is 220 g/mol. The number of aliphatic carboxylic acids is 1. The topological polar surface area (TPSA) is 93.1 Å². The van der Waals surface area contributed by atoms with Crippen LogP contribution in [0.5, 0.6) is 0 Å². The Morgan fingerprint density at radius 1 is 1.33 bits per heavy atom. The summed E-state index contributed by atoms with van der Waals surface area (Å²) in [5.74, 6) is -3.32. The van der Waals surface area contributed by atoms with Gasteiger partial charge in [-0.15, -0.1) is 0 Å². The number of methoxy groups -OCH3 is 1. The first kappa shape index (κ1) is 13.9.